The predicted octanol–water partition coefficient (Wildman–Crippen LogP) is 3.85. The summed E-state index contributed by atoms with van der Waals surface area (Å²) in [6, 6.07) is 13.8. The van der Waals surface area contributed by atoms with E-state index in [4.69, 9.17) is 0 Å². The highest BCUT2D eigenvalue weighted by molar-refractivity contribution is 9.10. The van der Waals surface area contributed by atoms with Crippen LogP contribution in [0.3, 0.4) is 0 Å². The Labute approximate surface area is 117 Å². The molecule has 86 valence electrons. The normalized spacial score (nSPS) is 10.1. The summed E-state index contributed by atoms with van der Waals surface area (Å²) in [4.78, 5) is 0. The SMILES string of the molecule is Brc1ccc(C#Cc2ccccc2)c2nsnc12. The van der Waals surface area contributed by atoms with Crippen molar-refractivity contribution in [2.45, 2.75) is 0 Å². The van der Waals surface area contributed by atoms with Gasteiger partial charge in [-0.2, -0.15) is 8.75 Å². The van der Waals surface area contributed by atoms with Crippen molar-refractivity contribution in [2.24, 2.45) is 0 Å². The van der Waals surface area contributed by atoms with Gasteiger partial charge in [0.05, 0.1) is 17.3 Å². The Morgan fingerprint density at radius 2 is 1.67 bits per heavy atom. The van der Waals surface area contributed by atoms with Gasteiger partial charge in [-0.25, -0.2) is 0 Å². The Morgan fingerprint density at radius 3 is 2.50 bits per heavy atom. The lowest BCUT2D eigenvalue weighted by atomic mass is 10.1. The highest BCUT2D eigenvalue weighted by atomic mass is 79.9. The molecule has 18 heavy (non-hydrogen) atoms. The first-order chi connectivity index (χ1) is 8.84. The third-order valence-corrected chi connectivity index (χ3v) is 3.65. The maximum absolute atomic E-state index is 4.29. The summed E-state index contributed by atoms with van der Waals surface area (Å²) in [5.41, 5.74) is 3.64. The fourth-order valence-electron chi connectivity index (χ4n) is 1.60. The van der Waals surface area contributed by atoms with Crippen LogP contribution in [0.4, 0.5) is 0 Å². The van der Waals surface area contributed by atoms with E-state index >= 15 is 0 Å². The summed E-state index contributed by atoms with van der Waals surface area (Å²) < 4.78 is 9.49. The number of aromatic nitrogens is 2. The van der Waals surface area contributed by atoms with Gasteiger partial charge in [0, 0.05) is 10.0 Å². The molecule has 0 N–H and O–H groups in total. The number of benzene rings is 2. The highest BCUT2D eigenvalue weighted by Gasteiger charge is 2.06. The van der Waals surface area contributed by atoms with Gasteiger partial charge in [0.25, 0.3) is 0 Å². The van der Waals surface area contributed by atoms with Crippen molar-refractivity contribution in [2.75, 3.05) is 0 Å². The Bertz CT molecular complexity index is 754. The molecule has 0 bridgehead atoms. The van der Waals surface area contributed by atoms with Gasteiger partial charge < -0.3 is 0 Å². The van der Waals surface area contributed by atoms with Crippen LogP contribution in [0.15, 0.2) is 46.9 Å². The van der Waals surface area contributed by atoms with Crippen molar-refractivity contribution in [1.29, 1.82) is 0 Å². The van der Waals surface area contributed by atoms with Crippen LogP contribution in [0.25, 0.3) is 11.0 Å². The maximum atomic E-state index is 4.29. The molecule has 0 aliphatic rings. The van der Waals surface area contributed by atoms with E-state index in [-0.39, 0.29) is 0 Å². The lowest BCUT2D eigenvalue weighted by molar-refractivity contribution is 1.58. The van der Waals surface area contributed by atoms with Gasteiger partial charge >= 0.3 is 0 Å². The van der Waals surface area contributed by atoms with Gasteiger partial charge in [0.2, 0.25) is 0 Å². The van der Waals surface area contributed by atoms with Crippen molar-refractivity contribution < 1.29 is 0 Å². The van der Waals surface area contributed by atoms with Crippen molar-refractivity contribution >= 4 is 38.7 Å². The average molecular weight is 315 g/mol. The lowest BCUT2D eigenvalue weighted by Crippen LogP contribution is -1.80. The van der Waals surface area contributed by atoms with E-state index in [1.54, 1.807) is 0 Å². The fourth-order valence-corrected chi connectivity index (χ4v) is 2.70. The molecule has 0 saturated heterocycles. The van der Waals surface area contributed by atoms with Crippen molar-refractivity contribution in [1.82, 2.24) is 8.75 Å². The number of hydrogen-bond donors (Lipinski definition) is 0. The van der Waals surface area contributed by atoms with Crippen molar-refractivity contribution in [3.63, 3.8) is 0 Å². The average Bonchev–Trinajstić information content (AvgIpc) is 2.90. The van der Waals surface area contributed by atoms with Gasteiger partial charge in [-0.05, 0) is 40.2 Å². The first kappa shape index (κ1) is 11.4. The van der Waals surface area contributed by atoms with Crippen LogP contribution in [0.1, 0.15) is 11.1 Å². The second-order valence-electron chi connectivity index (χ2n) is 3.67. The topological polar surface area (TPSA) is 25.8 Å². The van der Waals surface area contributed by atoms with Gasteiger partial charge in [0.15, 0.2) is 0 Å². The zero-order chi connectivity index (χ0) is 12.4. The van der Waals surface area contributed by atoms with Crippen LogP contribution in [-0.4, -0.2) is 8.75 Å². The minimum absolute atomic E-state index is 0.859. The molecule has 3 rings (SSSR count). The zero-order valence-corrected chi connectivity index (χ0v) is 11.6. The van der Waals surface area contributed by atoms with E-state index in [0.29, 0.717) is 0 Å². The smallest absolute Gasteiger partial charge is 0.121 e. The van der Waals surface area contributed by atoms with E-state index < -0.39 is 0 Å². The van der Waals surface area contributed by atoms with Gasteiger partial charge in [-0.3, -0.25) is 0 Å². The van der Waals surface area contributed by atoms with E-state index in [1.165, 1.54) is 11.7 Å². The Balaban J connectivity index is 2.09. The molecule has 0 aliphatic carbocycles. The third-order valence-electron chi connectivity index (χ3n) is 2.48. The number of nitrogens with zero attached hydrogens (tertiary/aromatic N) is 2. The van der Waals surface area contributed by atoms with E-state index in [1.807, 2.05) is 42.5 Å². The molecule has 0 spiro atoms. The largest absolute Gasteiger partial charge is 0.172 e. The molecular weight excluding hydrogens is 308 g/mol. The molecule has 2 nitrogen and oxygen atoms in total. The number of hydrogen-bond acceptors (Lipinski definition) is 3. The Kier molecular flexibility index (Phi) is 3.09. The summed E-state index contributed by atoms with van der Waals surface area (Å²) in [5.74, 6) is 6.28. The molecular formula is C14H7BrN2S. The summed E-state index contributed by atoms with van der Waals surface area (Å²) in [6.07, 6.45) is 0. The summed E-state index contributed by atoms with van der Waals surface area (Å²) in [5, 5.41) is 0. The Hall–Kier alpha value is -1.70. The van der Waals surface area contributed by atoms with Crippen LogP contribution in [-0.2, 0) is 0 Å². The summed E-state index contributed by atoms with van der Waals surface area (Å²) >= 11 is 4.67. The van der Waals surface area contributed by atoms with E-state index in [9.17, 15) is 0 Å². The molecule has 0 radical (unpaired) electrons. The second kappa shape index (κ2) is 4.89. The molecule has 4 heteroatoms. The van der Waals surface area contributed by atoms with E-state index in [0.717, 1.165) is 26.6 Å². The lowest BCUT2D eigenvalue weighted by Gasteiger charge is -1.94. The second-order valence-corrected chi connectivity index (χ2v) is 5.06. The third kappa shape index (κ3) is 2.15. The minimum Gasteiger partial charge on any atom is -0.172 e. The zero-order valence-electron chi connectivity index (χ0n) is 9.22. The standard InChI is InChI=1S/C14H7BrN2S/c15-12-9-8-11(13-14(12)17-18-16-13)7-6-10-4-2-1-3-5-10/h1-5,8-9H. The molecule has 0 amide bonds. The molecule has 0 atom stereocenters. The molecule has 2 aromatic carbocycles. The van der Waals surface area contributed by atoms with Crippen molar-refractivity contribution in [3.8, 4) is 11.8 Å². The summed E-state index contributed by atoms with van der Waals surface area (Å²) in [6.45, 7) is 0. The first-order valence-electron chi connectivity index (χ1n) is 5.32. The van der Waals surface area contributed by atoms with Gasteiger partial charge in [0.1, 0.15) is 11.0 Å². The highest BCUT2D eigenvalue weighted by Crippen LogP contribution is 2.24. The van der Waals surface area contributed by atoms with Crippen LogP contribution in [0, 0.1) is 11.8 Å². The van der Waals surface area contributed by atoms with Crippen LogP contribution in [0.2, 0.25) is 0 Å². The molecule has 0 aliphatic heterocycles. The van der Waals surface area contributed by atoms with Crippen LogP contribution >= 0.6 is 27.7 Å². The van der Waals surface area contributed by atoms with Crippen LogP contribution < -0.4 is 0 Å². The van der Waals surface area contributed by atoms with Crippen molar-refractivity contribution in [3.05, 3.63) is 58.1 Å². The monoisotopic (exact) mass is 314 g/mol. The van der Waals surface area contributed by atoms with Crippen LogP contribution in [0.5, 0.6) is 0 Å². The molecule has 3 aromatic rings. The van der Waals surface area contributed by atoms with E-state index in [2.05, 4.69) is 36.5 Å². The molecule has 1 aromatic heterocycles. The maximum Gasteiger partial charge on any atom is 0.121 e. The summed E-state index contributed by atoms with van der Waals surface area (Å²) in [7, 11) is 0. The predicted molar refractivity (Wildman–Crippen MR) is 77.5 cm³/mol. The quantitative estimate of drug-likeness (QED) is 0.589. The fraction of sp³-hybridized carbons (Fsp3) is 0. The number of rotatable bonds is 0. The Morgan fingerprint density at radius 1 is 0.889 bits per heavy atom. The number of fused-ring (bicyclic) bond motifs is 1. The molecule has 0 saturated carbocycles. The first-order valence-corrected chi connectivity index (χ1v) is 6.85. The van der Waals surface area contributed by atoms with Gasteiger partial charge in [-0.15, -0.1) is 0 Å². The van der Waals surface area contributed by atoms with Gasteiger partial charge in [-0.1, -0.05) is 30.0 Å². The number of halogens is 1. The molecule has 1 heterocycles. The molecule has 0 unspecified atom stereocenters. The minimum atomic E-state index is 0.859. The molecule has 0 fully saturated rings.